The highest BCUT2D eigenvalue weighted by Gasteiger charge is 2.19. The molecule has 96 valence electrons. The summed E-state index contributed by atoms with van der Waals surface area (Å²) < 4.78 is 6.46. The normalized spacial score (nSPS) is 12.7. The van der Waals surface area contributed by atoms with E-state index < -0.39 is 6.10 Å². The van der Waals surface area contributed by atoms with Gasteiger partial charge in [-0.3, -0.25) is 4.98 Å². The van der Waals surface area contributed by atoms with Gasteiger partial charge < -0.3 is 9.52 Å². The average Bonchev–Trinajstić information content (AvgIpc) is 2.53. The topological polar surface area (TPSA) is 46.3 Å². The van der Waals surface area contributed by atoms with E-state index in [1.807, 2.05) is 26.8 Å². The zero-order chi connectivity index (χ0) is 13.3. The molecule has 0 fully saturated rings. The van der Waals surface area contributed by atoms with Gasteiger partial charge in [-0.05, 0) is 53.9 Å². The standard InChI is InChI=1S/C14H16BrNO2/c1-8-9(2)18-10(3)14(8)13(17)5-11-4-12(15)7-16-6-11/h4,6-7,13,17H,5H2,1-3H3. The van der Waals surface area contributed by atoms with Crippen LogP contribution in [0.3, 0.4) is 0 Å². The maximum atomic E-state index is 10.3. The Balaban J connectivity index is 2.24. The monoisotopic (exact) mass is 309 g/mol. The van der Waals surface area contributed by atoms with Gasteiger partial charge in [0.1, 0.15) is 11.5 Å². The van der Waals surface area contributed by atoms with Crippen molar-refractivity contribution in [1.82, 2.24) is 4.98 Å². The van der Waals surface area contributed by atoms with E-state index in [9.17, 15) is 5.11 Å². The van der Waals surface area contributed by atoms with Gasteiger partial charge in [0, 0.05) is 28.9 Å². The molecule has 0 aliphatic carbocycles. The second-order valence-electron chi connectivity index (χ2n) is 4.48. The number of rotatable bonds is 3. The van der Waals surface area contributed by atoms with E-state index >= 15 is 0 Å². The van der Waals surface area contributed by atoms with Gasteiger partial charge in [-0.1, -0.05) is 0 Å². The van der Waals surface area contributed by atoms with Crippen LogP contribution < -0.4 is 0 Å². The first kappa shape index (κ1) is 13.3. The third-order valence-electron chi connectivity index (χ3n) is 3.14. The first-order chi connectivity index (χ1) is 8.49. The summed E-state index contributed by atoms with van der Waals surface area (Å²) in [6, 6.07) is 1.97. The van der Waals surface area contributed by atoms with Crippen molar-refractivity contribution in [3.8, 4) is 0 Å². The van der Waals surface area contributed by atoms with E-state index in [-0.39, 0.29) is 0 Å². The van der Waals surface area contributed by atoms with Crippen molar-refractivity contribution >= 4 is 15.9 Å². The van der Waals surface area contributed by atoms with Crippen LogP contribution in [0.1, 0.15) is 34.3 Å². The van der Waals surface area contributed by atoms with E-state index in [4.69, 9.17) is 4.42 Å². The lowest BCUT2D eigenvalue weighted by Crippen LogP contribution is -2.04. The minimum atomic E-state index is -0.557. The molecule has 2 aromatic heterocycles. The minimum absolute atomic E-state index is 0.535. The average molecular weight is 310 g/mol. The molecule has 2 heterocycles. The summed E-state index contributed by atoms with van der Waals surface area (Å²) in [6.45, 7) is 5.78. The molecule has 18 heavy (non-hydrogen) atoms. The number of hydrogen-bond donors (Lipinski definition) is 1. The summed E-state index contributed by atoms with van der Waals surface area (Å²) in [5, 5.41) is 10.3. The van der Waals surface area contributed by atoms with Gasteiger partial charge in [0.05, 0.1) is 6.10 Å². The zero-order valence-electron chi connectivity index (χ0n) is 10.7. The van der Waals surface area contributed by atoms with Crippen molar-refractivity contribution in [1.29, 1.82) is 0 Å². The van der Waals surface area contributed by atoms with E-state index in [0.29, 0.717) is 6.42 Å². The Kier molecular flexibility index (Phi) is 3.88. The minimum Gasteiger partial charge on any atom is -0.466 e. The van der Waals surface area contributed by atoms with Crippen molar-refractivity contribution in [2.24, 2.45) is 0 Å². The van der Waals surface area contributed by atoms with Crippen molar-refractivity contribution in [2.45, 2.75) is 33.3 Å². The molecule has 0 radical (unpaired) electrons. The lowest BCUT2D eigenvalue weighted by molar-refractivity contribution is 0.175. The predicted molar refractivity (Wildman–Crippen MR) is 73.5 cm³/mol. The van der Waals surface area contributed by atoms with Gasteiger partial charge in [-0.25, -0.2) is 0 Å². The molecule has 0 aromatic carbocycles. The molecule has 1 N–H and O–H groups in total. The second-order valence-corrected chi connectivity index (χ2v) is 5.40. The van der Waals surface area contributed by atoms with E-state index in [1.54, 1.807) is 12.4 Å². The summed E-state index contributed by atoms with van der Waals surface area (Å²) in [5.74, 6) is 1.66. The van der Waals surface area contributed by atoms with Crippen molar-refractivity contribution < 1.29 is 9.52 Å². The Morgan fingerprint density at radius 1 is 1.28 bits per heavy atom. The molecule has 0 saturated carbocycles. The first-order valence-electron chi connectivity index (χ1n) is 5.83. The smallest absolute Gasteiger partial charge is 0.107 e. The number of aliphatic hydroxyl groups is 1. The Morgan fingerprint density at radius 2 is 2.00 bits per heavy atom. The zero-order valence-corrected chi connectivity index (χ0v) is 12.3. The van der Waals surface area contributed by atoms with Crippen LogP contribution >= 0.6 is 15.9 Å². The van der Waals surface area contributed by atoms with Crippen LogP contribution in [-0.4, -0.2) is 10.1 Å². The molecule has 1 atom stereocenters. The summed E-state index contributed by atoms with van der Waals surface area (Å²) in [5.41, 5.74) is 2.92. The summed E-state index contributed by atoms with van der Waals surface area (Å²) >= 11 is 3.38. The third kappa shape index (κ3) is 2.65. The molecule has 0 bridgehead atoms. The number of pyridine rings is 1. The van der Waals surface area contributed by atoms with E-state index in [1.165, 1.54) is 0 Å². The number of nitrogens with zero attached hydrogens (tertiary/aromatic N) is 1. The van der Waals surface area contributed by atoms with Crippen LogP contribution in [0.2, 0.25) is 0 Å². The third-order valence-corrected chi connectivity index (χ3v) is 3.58. The number of furan rings is 1. The number of aromatic nitrogens is 1. The molecule has 0 aliphatic rings. The molecule has 0 amide bonds. The maximum absolute atomic E-state index is 10.3. The van der Waals surface area contributed by atoms with Crippen LogP contribution in [0.15, 0.2) is 27.3 Å². The highest BCUT2D eigenvalue weighted by Crippen LogP contribution is 2.29. The molecule has 1 unspecified atom stereocenters. The van der Waals surface area contributed by atoms with Crippen LogP contribution in [-0.2, 0) is 6.42 Å². The summed E-state index contributed by atoms with van der Waals surface area (Å²) in [6.07, 6.45) is 3.48. The number of halogens is 1. The van der Waals surface area contributed by atoms with Gasteiger partial charge in [0.25, 0.3) is 0 Å². The molecule has 3 nitrogen and oxygen atoms in total. The number of aliphatic hydroxyl groups excluding tert-OH is 1. The first-order valence-corrected chi connectivity index (χ1v) is 6.62. The Hall–Kier alpha value is -1.13. The van der Waals surface area contributed by atoms with Crippen molar-refractivity contribution in [2.75, 3.05) is 0 Å². The quantitative estimate of drug-likeness (QED) is 0.941. The molecule has 2 aromatic rings. The predicted octanol–water partition coefficient (Wildman–Crippen LogP) is 3.64. The largest absolute Gasteiger partial charge is 0.466 e. The van der Waals surface area contributed by atoms with Crippen molar-refractivity contribution in [3.63, 3.8) is 0 Å². The number of aryl methyl sites for hydroxylation is 2. The SMILES string of the molecule is Cc1oc(C)c(C(O)Cc2cncc(Br)c2)c1C. The van der Waals surface area contributed by atoms with Gasteiger partial charge >= 0.3 is 0 Å². The Bertz CT molecular complexity index is 563. The Morgan fingerprint density at radius 3 is 2.56 bits per heavy atom. The molecule has 2 rings (SSSR count). The van der Waals surface area contributed by atoms with Crippen LogP contribution in [0, 0.1) is 20.8 Å². The molecule has 0 spiro atoms. The molecular weight excluding hydrogens is 294 g/mol. The molecule has 4 heteroatoms. The van der Waals surface area contributed by atoms with Gasteiger partial charge in [-0.15, -0.1) is 0 Å². The highest BCUT2D eigenvalue weighted by molar-refractivity contribution is 9.10. The van der Waals surface area contributed by atoms with E-state index in [0.717, 1.165) is 32.7 Å². The van der Waals surface area contributed by atoms with Crippen LogP contribution in [0.4, 0.5) is 0 Å². The fraction of sp³-hybridized carbons (Fsp3) is 0.357. The molecular formula is C14H16BrNO2. The van der Waals surface area contributed by atoms with Crippen LogP contribution in [0.25, 0.3) is 0 Å². The maximum Gasteiger partial charge on any atom is 0.107 e. The lowest BCUT2D eigenvalue weighted by Gasteiger charge is -2.11. The van der Waals surface area contributed by atoms with E-state index in [2.05, 4.69) is 20.9 Å². The number of hydrogen-bond acceptors (Lipinski definition) is 3. The lowest BCUT2D eigenvalue weighted by atomic mass is 9.99. The van der Waals surface area contributed by atoms with Gasteiger partial charge in [0.2, 0.25) is 0 Å². The summed E-state index contributed by atoms with van der Waals surface area (Å²) in [4.78, 5) is 4.10. The van der Waals surface area contributed by atoms with Crippen molar-refractivity contribution in [3.05, 3.63) is 51.1 Å². The second kappa shape index (κ2) is 5.24. The van der Waals surface area contributed by atoms with Gasteiger partial charge in [-0.2, -0.15) is 0 Å². The molecule has 0 saturated heterocycles. The fourth-order valence-corrected chi connectivity index (χ4v) is 2.60. The highest BCUT2D eigenvalue weighted by atomic mass is 79.9. The molecule has 0 aliphatic heterocycles. The fourth-order valence-electron chi connectivity index (χ4n) is 2.19. The van der Waals surface area contributed by atoms with Gasteiger partial charge in [0.15, 0.2) is 0 Å². The summed E-state index contributed by atoms with van der Waals surface area (Å²) in [7, 11) is 0. The van der Waals surface area contributed by atoms with Crippen LogP contribution in [0.5, 0.6) is 0 Å². The Labute approximate surface area is 115 Å².